The average Bonchev–Trinajstić information content (AvgIpc) is 0. The summed E-state index contributed by atoms with van der Waals surface area (Å²) in [5, 5.41) is 0. The third-order valence-corrected chi connectivity index (χ3v) is 0. The van der Waals surface area contributed by atoms with E-state index in [9.17, 15) is 0 Å². The Balaban J connectivity index is 0. The molecular formula is Au2CuTa. The van der Waals surface area contributed by atoms with Crippen LogP contribution >= 0.6 is 0 Å². The van der Waals surface area contributed by atoms with Crippen LogP contribution in [0.1, 0.15) is 0 Å². The summed E-state index contributed by atoms with van der Waals surface area (Å²) >= 11 is 0. The van der Waals surface area contributed by atoms with Crippen LogP contribution in [-0.4, -0.2) is 0 Å². The van der Waals surface area contributed by atoms with E-state index in [0.717, 1.165) is 0 Å². The first-order chi connectivity index (χ1) is 0. The minimum absolute atomic E-state index is 0. The zero-order chi connectivity index (χ0) is 0. The predicted octanol–water partition coefficient (Wildman–Crippen LogP) is -0.0100. The summed E-state index contributed by atoms with van der Waals surface area (Å²) in [5.74, 6) is 0. The van der Waals surface area contributed by atoms with E-state index in [1.54, 1.807) is 0 Å². The van der Waals surface area contributed by atoms with Gasteiger partial charge in [-0.25, -0.2) is 0 Å². The van der Waals surface area contributed by atoms with Gasteiger partial charge in [0.05, 0.1) is 0 Å². The van der Waals surface area contributed by atoms with Crippen molar-refractivity contribution >= 4 is 0 Å². The van der Waals surface area contributed by atoms with Crippen molar-refractivity contribution in [3.63, 3.8) is 0 Å². The van der Waals surface area contributed by atoms with Crippen LogP contribution < -0.4 is 0 Å². The van der Waals surface area contributed by atoms with Gasteiger partial charge in [0.15, 0.2) is 0 Å². The summed E-state index contributed by atoms with van der Waals surface area (Å²) in [7, 11) is 0. The first-order valence-electron chi connectivity index (χ1n) is 0. The molecule has 0 unspecified atom stereocenters. The molecule has 0 aromatic rings. The molecule has 0 aliphatic rings. The van der Waals surface area contributed by atoms with E-state index in [2.05, 4.69) is 0 Å². The third kappa shape index (κ3) is 8.83. The van der Waals surface area contributed by atoms with Gasteiger partial charge in [-0.05, 0) is 0 Å². The molecule has 0 aromatic heterocycles. The van der Waals surface area contributed by atoms with E-state index in [-0.39, 0.29) is 84.2 Å². The normalized spacial score (nSPS) is 0. The Morgan fingerprint density at radius 3 is 0.750 bits per heavy atom. The molecule has 0 bridgehead atoms. The third-order valence-electron chi connectivity index (χ3n) is 0. The topological polar surface area (TPSA) is 0 Å². The van der Waals surface area contributed by atoms with Gasteiger partial charge in [-0.1, -0.05) is 0 Å². The van der Waals surface area contributed by atoms with E-state index in [1.165, 1.54) is 0 Å². The number of rotatable bonds is 0. The summed E-state index contributed by atoms with van der Waals surface area (Å²) in [6.07, 6.45) is 0. The first-order valence-corrected chi connectivity index (χ1v) is 0. The van der Waals surface area contributed by atoms with Crippen LogP contribution in [0.5, 0.6) is 0 Å². The second-order valence-electron chi connectivity index (χ2n) is 0. The molecule has 4 radical (unpaired) electrons. The van der Waals surface area contributed by atoms with Crippen LogP contribution in [0.3, 0.4) is 0 Å². The molecule has 0 heterocycles. The summed E-state index contributed by atoms with van der Waals surface area (Å²) in [4.78, 5) is 0. The molecule has 0 aliphatic carbocycles. The second-order valence-corrected chi connectivity index (χ2v) is 0. The van der Waals surface area contributed by atoms with Crippen molar-refractivity contribution in [2.45, 2.75) is 0 Å². The maximum atomic E-state index is 0. The van der Waals surface area contributed by atoms with Gasteiger partial charge in [-0.2, -0.15) is 0 Å². The molecule has 4 heavy (non-hydrogen) atoms. The quantitative estimate of drug-likeness (QED) is 0.328. The number of hydrogen-bond acceptors (Lipinski definition) is 0. The Hall–Kier alpha value is 2.74. The molecule has 0 aliphatic heterocycles. The van der Waals surface area contributed by atoms with E-state index in [0.29, 0.717) is 0 Å². The Morgan fingerprint density at radius 1 is 0.750 bits per heavy atom. The number of hydrogen-bond donors (Lipinski definition) is 0. The van der Waals surface area contributed by atoms with E-state index >= 15 is 0 Å². The molecule has 0 aromatic carbocycles. The molecular weight excluding hydrogens is 638 g/mol. The van der Waals surface area contributed by atoms with Crippen molar-refractivity contribution in [2.75, 3.05) is 0 Å². The summed E-state index contributed by atoms with van der Waals surface area (Å²) < 4.78 is 0. The maximum Gasteiger partial charge on any atom is 0 e. The van der Waals surface area contributed by atoms with Crippen LogP contribution in [0, 0.1) is 0 Å². The van der Waals surface area contributed by atoms with Crippen LogP contribution in [0.15, 0.2) is 0 Å². The Labute approximate surface area is 82.9 Å². The zero-order valence-electron chi connectivity index (χ0n) is 1.35. The predicted molar refractivity (Wildman–Crippen MR) is 0 cm³/mol. The van der Waals surface area contributed by atoms with Gasteiger partial charge in [0.2, 0.25) is 0 Å². The van der Waals surface area contributed by atoms with Gasteiger partial charge in [0.25, 0.3) is 0 Å². The minimum atomic E-state index is 0. The van der Waals surface area contributed by atoms with Gasteiger partial charge in [0.1, 0.15) is 0 Å². The van der Waals surface area contributed by atoms with Crippen LogP contribution in [0.25, 0.3) is 0 Å². The zero-order valence-corrected chi connectivity index (χ0v) is 9.84. The molecule has 0 rings (SSSR count). The molecule has 0 saturated heterocycles. The van der Waals surface area contributed by atoms with Gasteiger partial charge >= 0.3 is 0 Å². The van der Waals surface area contributed by atoms with E-state index in [4.69, 9.17) is 0 Å². The van der Waals surface area contributed by atoms with Gasteiger partial charge < -0.3 is 0 Å². The Kier molecular flexibility index (Phi) is 127. The summed E-state index contributed by atoms with van der Waals surface area (Å²) in [6, 6.07) is 0. The van der Waals surface area contributed by atoms with Crippen molar-refractivity contribution in [2.24, 2.45) is 0 Å². The monoisotopic (exact) mass is 638 g/mol. The minimum Gasteiger partial charge on any atom is 0 e. The molecule has 0 spiro atoms. The van der Waals surface area contributed by atoms with Crippen LogP contribution in [-0.2, 0) is 84.2 Å². The fourth-order valence-electron chi connectivity index (χ4n) is 0. The summed E-state index contributed by atoms with van der Waals surface area (Å²) in [5.41, 5.74) is 0. The van der Waals surface area contributed by atoms with Crippen molar-refractivity contribution in [3.8, 4) is 0 Å². The fraction of sp³-hybridized carbons (Fsp3) is 0. The SMILES string of the molecule is [Au].[Au].[Cu].[Ta]. The second kappa shape index (κ2) is 17.2. The van der Waals surface area contributed by atoms with Gasteiger partial charge in [-0.15, -0.1) is 0 Å². The van der Waals surface area contributed by atoms with E-state index in [1.807, 2.05) is 0 Å². The Morgan fingerprint density at radius 2 is 0.750 bits per heavy atom. The van der Waals surface area contributed by atoms with Crippen LogP contribution in [0.4, 0.5) is 0 Å². The van der Waals surface area contributed by atoms with Crippen molar-refractivity contribution in [3.05, 3.63) is 0 Å². The molecule has 0 atom stereocenters. The molecule has 0 saturated carbocycles. The molecule has 0 amide bonds. The smallest absolute Gasteiger partial charge is 0 e. The van der Waals surface area contributed by atoms with Crippen molar-refractivity contribution < 1.29 is 84.2 Å². The standard InChI is InChI=1S/2Au.Cu.Ta. The largest absolute Gasteiger partial charge is 0 e. The fourth-order valence-corrected chi connectivity index (χ4v) is 0. The van der Waals surface area contributed by atoms with Gasteiger partial charge in [0, 0.05) is 84.2 Å². The molecule has 38 valence electrons. The van der Waals surface area contributed by atoms with E-state index < -0.39 is 0 Å². The molecule has 0 N–H and O–H groups in total. The van der Waals surface area contributed by atoms with Gasteiger partial charge in [-0.3, -0.25) is 0 Å². The summed E-state index contributed by atoms with van der Waals surface area (Å²) in [6.45, 7) is 0. The van der Waals surface area contributed by atoms with Crippen LogP contribution in [0.2, 0.25) is 0 Å². The van der Waals surface area contributed by atoms with Crippen molar-refractivity contribution in [1.82, 2.24) is 0 Å². The first kappa shape index (κ1) is 29.6. The Bertz CT molecular complexity index is 6.00. The maximum absolute atomic E-state index is 0. The molecule has 4 heteroatoms. The molecule has 0 fully saturated rings. The molecule has 0 nitrogen and oxygen atoms in total. The average molecular weight is 638 g/mol. The van der Waals surface area contributed by atoms with Crippen molar-refractivity contribution in [1.29, 1.82) is 0 Å².